The van der Waals surface area contributed by atoms with Gasteiger partial charge in [0.05, 0.1) is 15.6 Å². The van der Waals surface area contributed by atoms with Crippen LogP contribution in [0.1, 0.15) is 16.8 Å². The first-order chi connectivity index (χ1) is 9.77. The first-order valence-electron chi connectivity index (χ1n) is 6.20. The molecule has 0 amide bonds. The Bertz CT molecular complexity index is 678. The average molecular weight is 353 g/mol. The molecule has 0 bridgehead atoms. The molecule has 0 radical (unpaired) electrons. The van der Waals surface area contributed by atoms with E-state index in [-0.39, 0.29) is 26.4 Å². The number of aromatic carboxylic acids is 1. The number of nitrogens with two attached hydrogens (primary N) is 1. The van der Waals surface area contributed by atoms with Crippen molar-refractivity contribution < 1.29 is 18.3 Å². The fourth-order valence-corrected chi connectivity index (χ4v) is 4.60. The Balaban J connectivity index is 2.45. The minimum atomic E-state index is -3.86. The van der Waals surface area contributed by atoms with Gasteiger partial charge in [0.25, 0.3) is 0 Å². The van der Waals surface area contributed by atoms with Crippen molar-refractivity contribution in [2.75, 3.05) is 19.6 Å². The molecule has 1 heterocycles. The molecule has 0 spiro atoms. The number of carbonyl (C=O) groups is 1. The van der Waals surface area contributed by atoms with Gasteiger partial charge in [-0.2, -0.15) is 4.31 Å². The second-order valence-corrected chi connectivity index (χ2v) is 7.54. The highest BCUT2D eigenvalue weighted by molar-refractivity contribution is 7.89. The van der Waals surface area contributed by atoms with E-state index in [1.807, 2.05) is 0 Å². The highest BCUT2D eigenvalue weighted by Gasteiger charge is 2.34. The molecule has 1 atom stereocenters. The Labute approximate surface area is 132 Å². The van der Waals surface area contributed by atoms with E-state index in [0.29, 0.717) is 26.1 Å². The number of hydrogen-bond donors (Lipinski definition) is 2. The molecular weight excluding hydrogens is 339 g/mol. The lowest BCUT2D eigenvalue weighted by Crippen LogP contribution is -2.30. The van der Waals surface area contributed by atoms with Crippen molar-refractivity contribution >= 4 is 39.2 Å². The van der Waals surface area contributed by atoms with Crippen LogP contribution >= 0.6 is 23.2 Å². The van der Waals surface area contributed by atoms with Gasteiger partial charge in [0.1, 0.15) is 4.90 Å². The molecule has 6 nitrogen and oxygen atoms in total. The van der Waals surface area contributed by atoms with Crippen LogP contribution in [0.2, 0.25) is 10.0 Å². The first-order valence-corrected chi connectivity index (χ1v) is 8.39. The highest BCUT2D eigenvalue weighted by Crippen LogP contribution is 2.32. The Morgan fingerprint density at radius 3 is 2.57 bits per heavy atom. The van der Waals surface area contributed by atoms with Gasteiger partial charge < -0.3 is 10.8 Å². The summed E-state index contributed by atoms with van der Waals surface area (Å²) in [5, 5.41) is 8.84. The normalized spacial score (nSPS) is 19.9. The fourth-order valence-electron chi connectivity index (χ4n) is 2.24. The zero-order chi connectivity index (χ0) is 15.8. The molecule has 1 aromatic rings. The number of nitrogens with zero attached hydrogens (tertiary/aromatic N) is 1. The lowest BCUT2D eigenvalue weighted by molar-refractivity contribution is 0.0697. The third kappa shape index (κ3) is 3.17. The smallest absolute Gasteiger partial charge is 0.337 e. The Hall–Kier alpha value is -0.860. The maximum absolute atomic E-state index is 12.6. The van der Waals surface area contributed by atoms with Crippen molar-refractivity contribution in [3.8, 4) is 0 Å². The maximum Gasteiger partial charge on any atom is 0.337 e. The Morgan fingerprint density at radius 2 is 2.05 bits per heavy atom. The lowest BCUT2D eigenvalue weighted by atomic mass is 10.1. The van der Waals surface area contributed by atoms with Crippen molar-refractivity contribution in [2.45, 2.75) is 11.3 Å². The molecule has 116 valence electrons. The number of benzene rings is 1. The second kappa shape index (κ2) is 6.10. The summed E-state index contributed by atoms with van der Waals surface area (Å²) in [5.41, 5.74) is 5.25. The SMILES string of the molecule is NCC1CCN(S(=O)(=O)c2cc(C(=O)O)c(Cl)cc2Cl)C1. The number of carboxylic acid groups (broad SMARTS) is 1. The molecule has 0 aliphatic carbocycles. The van der Waals surface area contributed by atoms with E-state index in [4.69, 9.17) is 34.0 Å². The number of hydrogen-bond acceptors (Lipinski definition) is 4. The molecule has 1 aromatic carbocycles. The summed E-state index contributed by atoms with van der Waals surface area (Å²) in [6.07, 6.45) is 0.673. The van der Waals surface area contributed by atoms with Crippen LogP contribution in [0.15, 0.2) is 17.0 Å². The van der Waals surface area contributed by atoms with E-state index in [1.165, 1.54) is 4.31 Å². The summed E-state index contributed by atoms with van der Waals surface area (Å²) in [6, 6.07) is 2.13. The second-order valence-electron chi connectivity index (χ2n) is 4.82. The molecule has 2 rings (SSSR count). The van der Waals surface area contributed by atoms with Crippen LogP contribution in [0, 0.1) is 5.92 Å². The van der Waals surface area contributed by atoms with Crippen molar-refractivity contribution in [3.63, 3.8) is 0 Å². The van der Waals surface area contributed by atoms with Crippen molar-refractivity contribution in [3.05, 3.63) is 27.7 Å². The molecule has 1 saturated heterocycles. The molecule has 1 aliphatic heterocycles. The van der Waals surface area contributed by atoms with Crippen LogP contribution in [-0.2, 0) is 10.0 Å². The molecule has 0 saturated carbocycles. The number of carboxylic acids is 1. The zero-order valence-electron chi connectivity index (χ0n) is 10.9. The minimum Gasteiger partial charge on any atom is -0.478 e. The number of sulfonamides is 1. The van der Waals surface area contributed by atoms with Gasteiger partial charge >= 0.3 is 5.97 Å². The predicted octanol–water partition coefficient (Wildman–Crippen LogP) is 1.66. The molecule has 21 heavy (non-hydrogen) atoms. The van der Waals surface area contributed by atoms with Crippen LogP contribution in [0.3, 0.4) is 0 Å². The zero-order valence-corrected chi connectivity index (χ0v) is 13.2. The standard InChI is InChI=1S/C12H14Cl2N2O4S/c13-9-4-10(14)11(3-8(9)12(17)18)21(19,20)16-2-1-7(5-15)6-16/h3-4,7H,1-2,5-6,15H2,(H,17,18). The molecule has 9 heteroatoms. The van der Waals surface area contributed by atoms with Crippen LogP contribution in [-0.4, -0.2) is 43.4 Å². The number of rotatable bonds is 4. The molecule has 1 aliphatic rings. The van der Waals surface area contributed by atoms with Gasteiger partial charge in [0, 0.05) is 13.1 Å². The van der Waals surface area contributed by atoms with E-state index >= 15 is 0 Å². The van der Waals surface area contributed by atoms with E-state index < -0.39 is 16.0 Å². The van der Waals surface area contributed by atoms with Gasteiger partial charge in [-0.25, -0.2) is 13.2 Å². The summed E-state index contributed by atoms with van der Waals surface area (Å²) < 4.78 is 26.4. The quantitative estimate of drug-likeness (QED) is 0.857. The van der Waals surface area contributed by atoms with Gasteiger partial charge in [-0.1, -0.05) is 23.2 Å². The van der Waals surface area contributed by atoms with E-state index in [9.17, 15) is 13.2 Å². The van der Waals surface area contributed by atoms with Gasteiger partial charge in [-0.05, 0) is 31.0 Å². The van der Waals surface area contributed by atoms with E-state index in [1.54, 1.807) is 0 Å². The lowest BCUT2D eigenvalue weighted by Gasteiger charge is -2.18. The summed E-state index contributed by atoms with van der Waals surface area (Å²) in [4.78, 5) is 10.8. The van der Waals surface area contributed by atoms with Crippen LogP contribution < -0.4 is 5.73 Å². The summed E-state index contributed by atoms with van der Waals surface area (Å²) in [7, 11) is -3.86. The van der Waals surface area contributed by atoms with Crippen LogP contribution in [0.4, 0.5) is 0 Å². The van der Waals surface area contributed by atoms with Gasteiger partial charge in [0.2, 0.25) is 10.0 Å². The fraction of sp³-hybridized carbons (Fsp3) is 0.417. The van der Waals surface area contributed by atoms with Gasteiger partial charge in [0.15, 0.2) is 0 Å². The Morgan fingerprint density at radius 1 is 1.38 bits per heavy atom. The first kappa shape index (κ1) is 16.5. The van der Waals surface area contributed by atoms with Gasteiger partial charge in [-0.3, -0.25) is 0 Å². The maximum atomic E-state index is 12.6. The molecule has 1 unspecified atom stereocenters. The summed E-state index contributed by atoms with van der Waals surface area (Å²) >= 11 is 11.7. The third-order valence-corrected chi connectivity index (χ3v) is 6.09. The predicted molar refractivity (Wildman–Crippen MR) is 79.3 cm³/mol. The van der Waals surface area contributed by atoms with Crippen LogP contribution in [0.25, 0.3) is 0 Å². The third-order valence-electron chi connectivity index (χ3n) is 3.45. The molecular formula is C12H14Cl2N2O4S. The van der Waals surface area contributed by atoms with Crippen LogP contribution in [0.5, 0.6) is 0 Å². The van der Waals surface area contributed by atoms with Crippen molar-refractivity contribution in [1.29, 1.82) is 0 Å². The summed E-state index contributed by atoms with van der Waals surface area (Å²) in [5.74, 6) is -1.21. The van der Waals surface area contributed by atoms with Gasteiger partial charge in [-0.15, -0.1) is 0 Å². The van der Waals surface area contributed by atoms with Crippen molar-refractivity contribution in [2.24, 2.45) is 11.7 Å². The van der Waals surface area contributed by atoms with Crippen molar-refractivity contribution in [1.82, 2.24) is 4.31 Å². The number of halogens is 2. The van der Waals surface area contributed by atoms with E-state index in [0.717, 1.165) is 12.1 Å². The average Bonchev–Trinajstić information content (AvgIpc) is 2.87. The minimum absolute atomic E-state index is 0.0961. The summed E-state index contributed by atoms with van der Waals surface area (Å²) in [6.45, 7) is 1.05. The topological polar surface area (TPSA) is 101 Å². The highest BCUT2D eigenvalue weighted by atomic mass is 35.5. The van der Waals surface area contributed by atoms with E-state index in [2.05, 4.69) is 0 Å². The molecule has 3 N–H and O–H groups in total. The monoisotopic (exact) mass is 352 g/mol. The largest absolute Gasteiger partial charge is 0.478 e. The molecule has 0 aromatic heterocycles. The Kier molecular flexibility index (Phi) is 4.79. The molecule has 1 fully saturated rings.